The highest BCUT2D eigenvalue weighted by molar-refractivity contribution is 5.74. The number of aliphatic carboxylic acids is 1. The number of aromatic nitrogens is 2. The minimum atomic E-state index is -0.848. The zero-order chi connectivity index (χ0) is 15.2. The molecule has 1 aliphatic carbocycles. The molecule has 116 valence electrons. The van der Waals surface area contributed by atoms with Crippen molar-refractivity contribution >= 4 is 12.0 Å². The Hall–Kier alpha value is -2.05. The van der Waals surface area contributed by atoms with Crippen molar-refractivity contribution < 1.29 is 14.7 Å². The largest absolute Gasteiger partial charge is 0.481 e. The SMILES string of the molecule is Cn1nc2c(c1CNC(=O)NCCCC(=O)O)CCCC2. The number of rotatable bonds is 6. The molecule has 0 fully saturated rings. The van der Waals surface area contributed by atoms with Crippen LogP contribution in [0.15, 0.2) is 0 Å². The lowest BCUT2D eigenvalue weighted by Crippen LogP contribution is -2.36. The molecule has 0 saturated carbocycles. The van der Waals surface area contributed by atoms with Crippen molar-refractivity contribution in [1.82, 2.24) is 20.4 Å². The monoisotopic (exact) mass is 294 g/mol. The first-order chi connectivity index (χ1) is 10.1. The molecule has 0 radical (unpaired) electrons. The molecule has 7 heteroatoms. The van der Waals surface area contributed by atoms with Crippen LogP contribution in [0.5, 0.6) is 0 Å². The van der Waals surface area contributed by atoms with Gasteiger partial charge in [-0.3, -0.25) is 9.48 Å². The summed E-state index contributed by atoms with van der Waals surface area (Å²) in [7, 11) is 1.90. The van der Waals surface area contributed by atoms with Crippen LogP contribution in [0.25, 0.3) is 0 Å². The van der Waals surface area contributed by atoms with E-state index in [1.54, 1.807) is 0 Å². The van der Waals surface area contributed by atoms with Gasteiger partial charge in [-0.05, 0) is 37.7 Å². The van der Waals surface area contributed by atoms with E-state index in [4.69, 9.17) is 5.11 Å². The molecule has 0 aliphatic heterocycles. The number of carboxylic acids is 1. The number of aryl methyl sites for hydroxylation is 2. The minimum absolute atomic E-state index is 0.0650. The minimum Gasteiger partial charge on any atom is -0.481 e. The number of urea groups is 1. The Labute approximate surface area is 123 Å². The van der Waals surface area contributed by atoms with Crippen LogP contribution in [0.1, 0.15) is 42.6 Å². The molecule has 0 atom stereocenters. The second-order valence-electron chi connectivity index (χ2n) is 5.31. The summed E-state index contributed by atoms with van der Waals surface area (Å²) in [5.41, 5.74) is 3.49. The van der Waals surface area contributed by atoms with Crippen LogP contribution in [-0.4, -0.2) is 33.4 Å². The van der Waals surface area contributed by atoms with E-state index in [-0.39, 0.29) is 12.5 Å². The van der Waals surface area contributed by atoms with Gasteiger partial charge in [0.1, 0.15) is 0 Å². The van der Waals surface area contributed by atoms with Crippen molar-refractivity contribution in [1.29, 1.82) is 0 Å². The van der Waals surface area contributed by atoms with Gasteiger partial charge >= 0.3 is 12.0 Å². The van der Waals surface area contributed by atoms with Gasteiger partial charge in [-0.15, -0.1) is 0 Å². The number of hydrogen-bond donors (Lipinski definition) is 3. The number of fused-ring (bicyclic) bond motifs is 1. The zero-order valence-corrected chi connectivity index (χ0v) is 12.3. The van der Waals surface area contributed by atoms with Gasteiger partial charge in [0.05, 0.1) is 17.9 Å². The summed E-state index contributed by atoms with van der Waals surface area (Å²) >= 11 is 0. The first-order valence-electron chi connectivity index (χ1n) is 7.35. The average Bonchev–Trinajstić information content (AvgIpc) is 2.76. The first kappa shape index (κ1) is 15.3. The summed E-state index contributed by atoms with van der Waals surface area (Å²) in [5, 5.41) is 18.5. The highest BCUT2D eigenvalue weighted by Crippen LogP contribution is 2.23. The molecule has 3 N–H and O–H groups in total. The van der Waals surface area contributed by atoms with E-state index in [0.717, 1.165) is 24.2 Å². The molecule has 2 amide bonds. The third-order valence-electron chi connectivity index (χ3n) is 3.72. The molecule has 21 heavy (non-hydrogen) atoms. The van der Waals surface area contributed by atoms with E-state index < -0.39 is 5.97 Å². The van der Waals surface area contributed by atoms with Gasteiger partial charge in [-0.2, -0.15) is 5.10 Å². The lowest BCUT2D eigenvalue weighted by Gasteiger charge is -2.12. The molecule has 1 heterocycles. The Morgan fingerprint density at radius 1 is 1.29 bits per heavy atom. The lowest BCUT2D eigenvalue weighted by atomic mass is 9.96. The maximum absolute atomic E-state index is 11.7. The van der Waals surface area contributed by atoms with Gasteiger partial charge < -0.3 is 15.7 Å². The van der Waals surface area contributed by atoms with E-state index in [2.05, 4.69) is 15.7 Å². The van der Waals surface area contributed by atoms with Crippen molar-refractivity contribution in [2.75, 3.05) is 6.54 Å². The maximum Gasteiger partial charge on any atom is 0.315 e. The van der Waals surface area contributed by atoms with E-state index in [0.29, 0.717) is 19.5 Å². The molecule has 0 unspecified atom stereocenters. The summed E-state index contributed by atoms with van der Waals surface area (Å²) in [6.07, 6.45) is 4.90. The van der Waals surface area contributed by atoms with E-state index in [9.17, 15) is 9.59 Å². The molecule has 0 spiro atoms. The highest BCUT2D eigenvalue weighted by atomic mass is 16.4. The Bertz CT molecular complexity index is 525. The molecular weight excluding hydrogens is 272 g/mol. The van der Waals surface area contributed by atoms with Crippen LogP contribution in [0.2, 0.25) is 0 Å². The number of carbonyl (C=O) groups excluding carboxylic acids is 1. The number of nitrogens with one attached hydrogen (secondary N) is 2. The topological polar surface area (TPSA) is 96.3 Å². The third-order valence-corrected chi connectivity index (χ3v) is 3.72. The van der Waals surface area contributed by atoms with Crippen LogP contribution in [-0.2, 0) is 31.2 Å². The highest BCUT2D eigenvalue weighted by Gasteiger charge is 2.19. The van der Waals surface area contributed by atoms with Gasteiger partial charge in [0.2, 0.25) is 0 Å². The number of hydrogen-bond acceptors (Lipinski definition) is 3. The van der Waals surface area contributed by atoms with Gasteiger partial charge in [-0.1, -0.05) is 0 Å². The van der Waals surface area contributed by atoms with Crippen LogP contribution in [0.3, 0.4) is 0 Å². The van der Waals surface area contributed by atoms with E-state index in [1.165, 1.54) is 18.4 Å². The van der Waals surface area contributed by atoms with Crippen molar-refractivity contribution in [2.45, 2.75) is 45.1 Å². The zero-order valence-electron chi connectivity index (χ0n) is 12.3. The molecule has 0 aromatic carbocycles. The van der Waals surface area contributed by atoms with Crippen molar-refractivity contribution in [3.8, 4) is 0 Å². The van der Waals surface area contributed by atoms with E-state index >= 15 is 0 Å². The molecule has 1 aliphatic rings. The summed E-state index contributed by atoms with van der Waals surface area (Å²) in [5.74, 6) is -0.848. The summed E-state index contributed by atoms with van der Waals surface area (Å²) in [6.45, 7) is 0.811. The summed E-state index contributed by atoms with van der Waals surface area (Å²) in [6, 6.07) is -0.272. The molecular formula is C14H22N4O3. The number of nitrogens with zero attached hydrogens (tertiary/aromatic N) is 2. The fourth-order valence-corrected chi connectivity index (χ4v) is 2.64. The van der Waals surface area contributed by atoms with Crippen molar-refractivity contribution in [3.05, 3.63) is 17.0 Å². The van der Waals surface area contributed by atoms with Crippen LogP contribution >= 0.6 is 0 Å². The van der Waals surface area contributed by atoms with Gasteiger partial charge in [0.25, 0.3) is 0 Å². The fraction of sp³-hybridized carbons (Fsp3) is 0.643. The van der Waals surface area contributed by atoms with Gasteiger partial charge in [-0.25, -0.2) is 4.79 Å². The van der Waals surface area contributed by atoms with Crippen LogP contribution in [0, 0.1) is 0 Å². The number of amides is 2. The molecule has 1 aromatic rings. The Morgan fingerprint density at radius 2 is 2.05 bits per heavy atom. The Balaban J connectivity index is 1.79. The molecule has 2 rings (SSSR count). The average molecular weight is 294 g/mol. The Kier molecular flexibility index (Phi) is 5.19. The molecule has 0 saturated heterocycles. The second kappa shape index (κ2) is 7.10. The van der Waals surface area contributed by atoms with E-state index in [1.807, 2.05) is 11.7 Å². The van der Waals surface area contributed by atoms with Gasteiger partial charge in [0, 0.05) is 20.0 Å². The predicted molar refractivity (Wildman–Crippen MR) is 77.0 cm³/mol. The quantitative estimate of drug-likeness (QED) is 0.681. The van der Waals surface area contributed by atoms with Gasteiger partial charge in [0.15, 0.2) is 0 Å². The van der Waals surface area contributed by atoms with Crippen LogP contribution in [0.4, 0.5) is 4.79 Å². The molecule has 7 nitrogen and oxygen atoms in total. The molecule has 0 bridgehead atoms. The first-order valence-corrected chi connectivity index (χ1v) is 7.35. The standard InChI is InChI=1S/C14H22N4O3/c1-18-12(10-5-2-3-6-11(10)17-18)9-16-14(21)15-8-4-7-13(19)20/h2-9H2,1H3,(H,19,20)(H2,15,16,21). The predicted octanol–water partition coefficient (Wildman–Crippen LogP) is 0.963. The normalized spacial score (nSPS) is 13.6. The maximum atomic E-state index is 11.7. The molecule has 1 aromatic heterocycles. The van der Waals surface area contributed by atoms with Crippen molar-refractivity contribution in [2.24, 2.45) is 7.05 Å². The second-order valence-corrected chi connectivity index (χ2v) is 5.31. The summed E-state index contributed by atoms with van der Waals surface area (Å²) in [4.78, 5) is 22.0. The third kappa shape index (κ3) is 4.21. The lowest BCUT2D eigenvalue weighted by molar-refractivity contribution is -0.137. The van der Waals surface area contributed by atoms with Crippen molar-refractivity contribution in [3.63, 3.8) is 0 Å². The smallest absolute Gasteiger partial charge is 0.315 e. The van der Waals surface area contributed by atoms with Crippen LogP contribution < -0.4 is 10.6 Å². The number of carbonyl (C=O) groups is 2. The summed E-state index contributed by atoms with van der Waals surface area (Å²) < 4.78 is 1.85. The number of carboxylic acid groups (broad SMARTS) is 1. The fourth-order valence-electron chi connectivity index (χ4n) is 2.64. The Morgan fingerprint density at radius 3 is 2.81 bits per heavy atom.